The number of amides is 2. The molecule has 2 aromatic heterocycles. The molecule has 1 aromatic carbocycles. The molecule has 0 spiro atoms. The summed E-state index contributed by atoms with van der Waals surface area (Å²) in [6, 6.07) is 0.400. The van der Waals surface area contributed by atoms with Crippen LogP contribution in [0.3, 0.4) is 0 Å². The van der Waals surface area contributed by atoms with Gasteiger partial charge in [-0.1, -0.05) is 0 Å². The fourth-order valence-corrected chi connectivity index (χ4v) is 4.00. The van der Waals surface area contributed by atoms with Gasteiger partial charge in [0.15, 0.2) is 5.65 Å². The highest BCUT2D eigenvalue weighted by molar-refractivity contribution is 5.93. The quantitative estimate of drug-likeness (QED) is 0.642. The van der Waals surface area contributed by atoms with Crippen LogP contribution in [0, 0.1) is 11.6 Å². The molecule has 3 atom stereocenters. The monoisotopic (exact) mass is 448 g/mol. The van der Waals surface area contributed by atoms with Crippen molar-refractivity contribution in [1.82, 2.24) is 19.5 Å². The topological polar surface area (TPSA) is 86.0 Å². The lowest BCUT2D eigenvalue weighted by molar-refractivity contribution is 0.135. The Morgan fingerprint density at radius 3 is 3.00 bits per heavy atom. The lowest BCUT2D eigenvalue weighted by atomic mass is 10.0. The third-order valence-corrected chi connectivity index (χ3v) is 5.63. The van der Waals surface area contributed by atoms with Gasteiger partial charge in [0.25, 0.3) is 0 Å². The number of nitrogens with one attached hydrogen (secondary N) is 1. The van der Waals surface area contributed by atoms with Crippen molar-refractivity contribution in [3.05, 3.63) is 53.9 Å². The second kappa shape index (κ2) is 8.01. The van der Waals surface area contributed by atoms with Gasteiger partial charge in [-0.05, 0) is 50.4 Å². The fraction of sp³-hybridized carbons (Fsp3) is 0.409. The lowest BCUT2D eigenvalue weighted by Gasteiger charge is -2.26. The van der Waals surface area contributed by atoms with Crippen molar-refractivity contribution < 1.29 is 26.9 Å². The highest BCUT2D eigenvalue weighted by Gasteiger charge is 2.33. The first-order valence-corrected chi connectivity index (χ1v) is 10.0. The second-order valence-electron chi connectivity index (χ2n) is 7.57. The minimum atomic E-state index is -3.29. The van der Waals surface area contributed by atoms with Crippen LogP contribution in [0.15, 0.2) is 36.7 Å². The van der Waals surface area contributed by atoms with E-state index in [-0.39, 0.29) is 21.8 Å². The molecule has 10 heteroatoms. The first kappa shape index (κ1) is 14.7. The number of benzene rings is 1. The van der Waals surface area contributed by atoms with E-state index >= 15 is 0 Å². The van der Waals surface area contributed by atoms with Crippen molar-refractivity contribution in [2.45, 2.75) is 44.3 Å². The van der Waals surface area contributed by atoms with Crippen molar-refractivity contribution in [2.75, 3.05) is 23.3 Å². The Bertz CT molecular complexity index is 1410. The van der Waals surface area contributed by atoms with E-state index in [0.717, 1.165) is 25.1 Å². The number of hydrogen-bond donors (Lipinski definition) is 2. The molecular formula is C22H24F2N6O2. The molecule has 2 saturated heterocycles. The maximum atomic E-state index is 14.5. The van der Waals surface area contributed by atoms with Crippen LogP contribution in [-0.4, -0.2) is 55.8 Å². The van der Waals surface area contributed by atoms with Gasteiger partial charge >= 0.3 is 6.03 Å². The molecular weight excluding hydrogens is 418 g/mol. The fourth-order valence-electron chi connectivity index (χ4n) is 4.00. The number of aromatic nitrogens is 3. The molecule has 0 radical (unpaired) electrons. The summed E-state index contributed by atoms with van der Waals surface area (Å²) in [6.45, 7) is -1.85. The van der Waals surface area contributed by atoms with Crippen molar-refractivity contribution >= 4 is 23.2 Å². The standard InChI is InChI=1S/C22H24F2N6O2/c1-13-19(31)6-9-28(13)22(32)26-17-12-25-30-10-7-20(27-21(17)30)29-8-2-3-18(29)15-11-14(23)4-5-16(15)24/h4-5,7,10-13,18-19,31H,2-3,6,8-9H2,1H3,(H,26,32)/t13?,18-,19+/m1/s1/i6D2,9D2,13D,19D. The normalized spacial score (nSPS) is 33.8. The SMILES string of the molecule is [2H]C1([2H])N(C(=O)Nc2cnn3ccc(N4CCC[C@@H]4c4cc(F)ccc4F)nc23)C([2H])(C)[C@@]([2H])(O)C1([2H])[2H]. The molecule has 2 fully saturated rings. The minimum absolute atomic E-state index is 0.0166. The zero-order valence-electron chi connectivity index (χ0n) is 23.0. The lowest BCUT2D eigenvalue weighted by Crippen LogP contribution is -2.40. The van der Waals surface area contributed by atoms with Gasteiger partial charge in [-0.15, -0.1) is 0 Å². The van der Waals surface area contributed by atoms with E-state index in [4.69, 9.17) is 8.22 Å². The Morgan fingerprint density at radius 2 is 2.22 bits per heavy atom. The number of halogens is 2. The summed E-state index contributed by atoms with van der Waals surface area (Å²) in [6.07, 6.45) is -2.58. The molecule has 32 heavy (non-hydrogen) atoms. The van der Waals surface area contributed by atoms with E-state index in [9.17, 15) is 18.7 Å². The number of likely N-dealkylation sites (tertiary alicyclic amines) is 1. The van der Waals surface area contributed by atoms with Crippen LogP contribution in [-0.2, 0) is 0 Å². The molecule has 2 amide bonds. The Kier molecular flexibility index (Phi) is 3.69. The highest BCUT2D eigenvalue weighted by atomic mass is 19.1. The average molecular weight is 449 g/mol. The minimum Gasteiger partial charge on any atom is -0.391 e. The van der Waals surface area contributed by atoms with E-state index in [0.29, 0.717) is 25.2 Å². The molecule has 0 bridgehead atoms. The van der Waals surface area contributed by atoms with Gasteiger partial charge in [0.05, 0.1) is 27.1 Å². The van der Waals surface area contributed by atoms with E-state index in [1.807, 2.05) is 0 Å². The Hall–Kier alpha value is -3.27. The van der Waals surface area contributed by atoms with Crippen LogP contribution in [0.25, 0.3) is 5.65 Å². The molecule has 1 unspecified atom stereocenters. The number of nitrogens with zero attached hydrogens (tertiary/aromatic N) is 5. The van der Waals surface area contributed by atoms with Gasteiger partial charge < -0.3 is 20.2 Å². The zero-order valence-corrected chi connectivity index (χ0v) is 17.0. The maximum Gasteiger partial charge on any atom is 0.322 e. The average Bonchev–Trinajstić information content (AvgIpc) is 3.48. The maximum absolute atomic E-state index is 14.5. The Balaban J connectivity index is 1.48. The number of rotatable bonds is 3. The summed E-state index contributed by atoms with van der Waals surface area (Å²) in [5.41, 5.74) is 0.281. The molecule has 2 aliphatic rings. The van der Waals surface area contributed by atoms with E-state index in [1.165, 1.54) is 16.9 Å². The van der Waals surface area contributed by atoms with Crippen LogP contribution in [0.5, 0.6) is 0 Å². The van der Waals surface area contributed by atoms with E-state index < -0.39 is 48.7 Å². The molecule has 2 N–H and O–H groups in total. The van der Waals surface area contributed by atoms with Gasteiger partial charge in [-0.25, -0.2) is 23.1 Å². The largest absolute Gasteiger partial charge is 0.391 e. The van der Waals surface area contributed by atoms with Crippen LogP contribution in [0.2, 0.25) is 0 Å². The number of hydrogen-bond acceptors (Lipinski definition) is 5. The van der Waals surface area contributed by atoms with Crippen LogP contribution in [0.1, 0.15) is 46.0 Å². The Labute approximate surface area is 191 Å². The summed E-state index contributed by atoms with van der Waals surface area (Å²) in [4.78, 5) is 19.6. The summed E-state index contributed by atoms with van der Waals surface area (Å²) in [7, 11) is 0. The van der Waals surface area contributed by atoms with Crippen molar-refractivity contribution in [2.24, 2.45) is 0 Å². The number of urea groups is 1. The first-order valence-electron chi connectivity index (χ1n) is 13.0. The number of carbonyl (C=O) groups is 1. The number of carbonyl (C=O) groups excluding carboxylic acids is 1. The third kappa shape index (κ3) is 3.54. The van der Waals surface area contributed by atoms with Crippen molar-refractivity contribution in [1.29, 1.82) is 0 Å². The van der Waals surface area contributed by atoms with Crippen molar-refractivity contribution in [3.63, 3.8) is 0 Å². The van der Waals surface area contributed by atoms with Crippen LogP contribution < -0.4 is 10.2 Å². The summed E-state index contributed by atoms with van der Waals surface area (Å²) < 4.78 is 78.0. The molecule has 168 valence electrons. The number of anilines is 2. The van der Waals surface area contributed by atoms with E-state index in [2.05, 4.69) is 15.4 Å². The van der Waals surface area contributed by atoms with Gasteiger partial charge in [0.1, 0.15) is 23.1 Å². The summed E-state index contributed by atoms with van der Waals surface area (Å²) in [5.74, 6) is -0.725. The summed E-state index contributed by atoms with van der Waals surface area (Å²) >= 11 is 0. The van der Waals surface area contributed by atoms with Crippen LogP contribution >= 0.6 is 0 Å². The summed E-state index contributed by atoms with van der Waals surface area (Å²) in [5, 5.41) is 16.8. The van der Waals surface area contributed by atoms with Crippen molar-refractivity contribution in [3.8, 4) is 0 Å². The zero-order chi connectivity index (χ0) is 27.8. The molecule has 3 aromatic rings. The van der Waals surface area contributed by atoms with E-state index in [1.54, 1.807) is 11.0 Å². The predicted octanol–water partition coefficient (Wildman–Crippen LogP) is 3.34. The molecule has 8 nitrogen and oxygen atoms in total. The van der Waals surface area contributed by atoms with Crippen LogP contribution in [0.4, 0.5) is 25.1 Å². The second-order valence-corrected chi connectivity index (χ2v) is 7.57. The molecule has 0 saturated carbocycles. The predicted molar refractivity (Wildman–Crippen MR) is 114 cm³/mol. The third-order valence-electron chi connectivity index (χ3n) is 5.63. The highest BCUT2D eigenvalue weighted by Crippen LogP contribution is 2.37. The van der Waals surface area contributed by atoms with Gasteiger partial charge in [-0.3, -0.25) is 0 Å². The Morgan fingerprint density at radius 1 is 1.38 bits per heavy atom. The smallest absolute Gasteiger partial charge is 0.322 e. The molecule has 0 aliphatic carbocycles. The number of aliphatic hydroxyl groups is 1. The first-order chi connectivity index (χ1) is 17.6. The number of fused-ring (bicyclic) bond motifs is 1. The van der Waals surface area contributed by atoms with Gasteiger partial charge in [0, 0.05) is 30.3 Å². The van der Waals surface area contributed by atoms with Gasteiger partial charge in [-0.2, -0.15) is 5.10 Å². The van der Waals surface area contributed by atoms with Gasteiger partial charge in [0.2, 0.25) is 0 Å². The molecule has 2 aliphatic heterocycles. The molecule has 5 rings (SSSR count). The molecule has 4 heterocycles.